The average molecular weight is 487 g/mol. The van der Waals surface area contributed by atoms with Crippen LogP contribution in [0, 0.1) is 3.70 Å². The van der Waals surface area contributed by atoms with E-state index in [0.717, 1.165) is 41.3 Å². The number of nitrogens with zero attached hydrogens (tertiary/aromatic N) is 5. The lowest BCUT2D eigenvalue weighted by Gasteiger charge is -2.37. The van der Waals surface area contributed by atoms with Gasteiger partial charge in [0, 0.05) is 51.3 Å². The van der Waals surface area contributed by atoms with Gasteiger partial charge in [-0.05, 0) is 35.3 Å². The van der Waals surface area contributed by atoms with Crippen LogP contribution in [0.15, 0.2) is 6.33 Å². The summed E-state index contributed by atoms with van der Waals surface area (Å²) in [6.07, 6.45) is 2.04. The quantitative estimate of drug-likeness (QED) is 0.372. The van der Waals surface area contributed by atoms with Gasteiger partial charge >= 0.3 is 7.05 Å². The summed E-state index contributed by atoms with van der Waals surface area (Å²) >= 11 is 2.24. The van der Waals surface area contributed by atoms with Crippen molar-refractivity contribution in [3.05, 3.63) is 15.6 Å². The molecule has 148 valence electrons. The lowest BCUT2D eigenvalue weighted by molar-refractivity contribution is -0.135. The third kappa shape index (κ3) is 5.10. The molecule has 10 heteroatoms. The Morgan fingerprint density at radius 2 is 1.93 bits per heavy atom. The standard InChI is InChI=1S/C17H27BIN5O3/c1-13(11-14(25)22-7-9-27-10-8-22)15-16(19)20-12-21-17(15)23-3-5-24(6-4-23)18(2)26/h12-13,26H,3-11H2,1-2H3/t13-/m1/s1. The molecular weight excluding hydrogens is 460 g/mol. The molecule has 2 aliphatic heterocycles. The first-order valence-electron chi connectivity index (χ1n) is 9.50. The lowest BCUT2D eigenvalue weighted by Crippen LogP contribution is -2.52. The first-order chi connectivity index (χ1) is 13.0. The maximum Gasteiger partial charge on any atom is 0.376 e. The van der Waals surface area contributed by atoms with Gasteiger partial charge < -0.3 is 24.4 Å². The lowest BCUT2D eigenvalue weighted by atomic mass is 9.84. The number of halogens is 1. The molecule has 0 saturated carbocycles. The average Bonchev–Trinajstić information content (AvgIpc) is 2.68. The van der Waals surface area contributed by atoms with Crippen LogP contribution in [0.4, 0.5) is 5.82 Å². The zero-order chi connectivity index (χ0) is 19.4. The Kier molecular flexibility index (Phi) is 7.29. The number of ether oxygens (including phenoxy) is 1. The summed E-state index contributed by atoms with van der Waals surface area (Å²) in [4.78, 5) is 27.8. The van der Waals surface area contributed by atoms with Gasteiger partial charge in [0.1, 0.15) is 15.8 Å². The van der Waals surface area contributed by atoms with Crippen LogP contribution in [-0.4, -0.2) is 90.1 Å². The minimum atomic E-state index is -0.428. The Morgan fingerprint density at radius 1 is 1.26 bits per heavy atom. The van der Waals surface area contributed by atoms with E-state index >= 15 is 0 Å². The number of rotatable bonds is 5. The molecule has 2 saturated heterocycles. The molecule has 3 heterocycles. The van der Waals surface area contributed by atoms with Gasteiger partial charge in [-0.3, -0.25) is 4.79 Å². The third-order valence-corrected chi connectivity index (χ3v) is 6.15. The maximum absolute atomic E-state index is 12.7. The van der Waals surface area contributed by atoms with Crippen molar-refractivity contribution in [1.82, 2.24) is 19.7 Å². The van der Waals surface area contributed by atoms with E-state index in [4.69, 9.17) is 4.74 Å². The number of amides is 1. The zero-order valence-electron chi connectivity index (χ0n) is 16.0. The molecule has 2 fully saturated rings. The Labute approximate surface area is 174 Å². The van der Waals surface area contributed by atoms with E-state index < -0.39 is 7.05 Å². The third-order valence-electron chi connectivity index (χ3n) is 5.29. The molecule has 27 heavy (non-hydrogen) atoms. The highest BCUT2D eigenvalue weighted by Crippen LogP contribution is 2.32. The number of carbonyl (C=O) groups is 1. The largest absolute Gasteiger partial charge is 0.437 e. The van der Waals surface area contributed by atoms with Crippen molar-refractivity contribution >= 4 is 41.4 Å². The molecule has 1 aromatic heterocycles. The summed E-state index contributed by atoms with van der Waals surface area (Å²) in [5, 5.41) is 9.77. The van der Waals surface area contributed by atoms with Crippen LogP contribution in [0.5, 0.6) is 0 Å². The molecule has 1 amide bonds. The fraction of sp³-hybridized carbons (Fsp3) is 0.706. The molecule has 0 aliphatic carbocycles. The summed E-state index contributed by atoms with van der Waals surface area (Å²) in [5.41, 5.74) is 1.05. The van der Waals surface area contributed by atoms with Gasteiger partial charge in [0.15, 0.2) is 0 Å². The van der Waals surface area contributed by atoms with E-state index in [1.807, 2.05) is 9.71 Å². The molecule has 1 atom stereocenters. The predicted octanol–water partition coefficient (Wildman–Crippen LogP) is 0.666. The van der Waals surface area contributed by atoms with Gasteiger partial charge in [-0.25, -0.2) is 9.97 Å². The van der Waals surface area contributed by atoms with Crippen LogP contribution in [0.2, 0.25) is 6.82 Å². The van der Waals surface area contributed by atoms with Gasteiger partial charge in [0.05, 0.1) is 13.2 Å². The van der Waals surface area contributed by atoms with Crippen molar-refractivity contribution in [3.63, 3.8) is 0 Å². The van der Waals surface area contributed by atoms with E-state index in [0.29, 0.717) is 32.7 Å². The topological polar surface area (TPSA) is 82.0 Å². The van der Waals surface area contributed by atoms with Gasteiger partial charge in [-0.2, -0.15) is 0 Å². The number of hydrogen-bond acceptors (Lipinski definition) is 7. The molecule has 0 unspecified atom stereocenters. The van der Waals surface area contributed by atoms with Gasteiger partial charge in [0.2, 0.25) is 5.91 Å². The van der Waals surface area contributed by atoms with Crippen molar-refractivity contribution in [3.8, 4) is 0 Å². The Bertz CT molecular complexity index is 651. The van der Waals surface area contributed by atoms with Crippen molar-refractivity contribution in [2.75, 3.05) is 57.4 Å². The maximum atomic E-state index is 12.7. The summed E-state index contributed by atoms with van der Waals surface area (Å²) in [5.74, 6) is 1.12. The first-order valence-corrected chi connectivity index (χ1v) is 10.6. The predicted molar refractivity (Wildman–Crippen MR) is 113 cm³/mol. The second-order valence-electron chi connectivity index (χ2n) is 7.15. The van der Waals surface area contributed by atoms with Crippen LogP contribution >= 0.6 is 22.6 Å². The van der Waals surface area contributed by atoms with Crippen LogP contribution in [-0.2, 0) is 9.53 Å². The second-order valence-corrected chi connectivity index (χ2v) is 8.18. The molecule has 0 aromatic carbocycles. The number of piperazine rings is 1. The van der Waals surface area contributed by atoms with Crippen LogP contribution in [0.3, 0.4) is 0 Å². The molecule has 2 aliphatic rings. The Morgan fingerprint density at radius 3 is 2.56 bits per heavy atom. The Balaban J connectivity index is 1.72. The van der Waals surface area contributed by atoms with E-state index in [9.17, 15) is 9.82 Å². The minimum absolute atomic E-state index is 0.0400. The highest BCUT2D eigenvalue weighted by atomic mass is 127. The summed E-state index contributed by atoms with van der Waals surface area (Å²) in [6.45, 7) is 9.63. The van der Waals surface area contributed by atoms with E-state index in [1.165, 1.54) is 0 Å². The molecule has 1 aromatic rings. The van der Waals surface area contributed by atoms with Gasteiger partial charge in [-0.1, -0.05) is 6.92 Å². The summed E-state index contributed by atoms with van der Waals surface area (Å²) < 4.78 is 6.24. The smallest absolute Gasteiger partial charge is 0.376 e. The van der Waals surface area contributed by atoms with Crippen LogP contribution < -0.4 is 4.90 Å². The minimum Gasteiger partial charge on any atom is -0.437 e. The fourth-order valence-electron chi connectivity index (χ4n) is 3.65. The summed E-state index contributed by atoms with van der Waals surface area (Å²) in [6, 6.07) is 0. The summed E-state index contributed by atoms with van der Waals surface area (Å²) in [7, 11) is -0.428. The molecule has 0 radical (unpaired) electrons. The number of aromatic nitrogens is 2. The van der Waals surface area contributed by atoms with Gasteiger partial charge in [0.25, 0.3) is 0 Å². The first kappa shape index (κ1) is 20.8. The van der Waals surface area contributed by atoms with E-state index in [1.54, 1.807) is 13.2 Å². The molecule has 0 spiro atoms. The number of morpholine rings is 1. The number of hydrogen-bond donors (Lipinski definition) is 1. The van der Waals surface area contributed by atoms with Crippen LogP contribution in [0.1, 0.15) is 24.8 Å². The monoisotopic (exact) mass is 487 g/mol. The highest BCUT2D eigenvalue weighted by Gasteiger charge is 2.28. The van der Waals surface area contributed by atoms with Gasteiger partial charge in [-0.15, -0.1) is 0 Å². The Hall–Kier alpha value is -0.975. The molecule has 8 nitrogen and oxygen atoms in total. The van der Waals surface area contributed by atoms with Crippen molar-refractivity contribution in [1.29, 1.82) is 0 Å². The molecule has 1 N–H and O–H groups in total. The molecule has 3 rings (SSSR count). The van der Waals surface area contributed by atoms with Crippen molar-refractivity contribution < 1.29 is 14.6 Å². The van der Waals surface area contributed by atoms with E-state index in [2.05, 4.69) is 44.4 Å². The normalized spacial score (nSPS) is 19.9. The SMILES string of the molecule is CB(O)N1CCN(c2ncnc(I)c2[C@H](C)CC(=O)N2CCOCC2)CC1. The second kappa shape index (κ2) is 9.48. The zero-order valence-corrected chi connectivity index (χ0v) is 18.1. The van der Waals surface area contributed by atoms with Crippen LogP contribution in [0.25, 0.3) is 0 Å². The number of anilines is 1. The van der Waals surface area contributed by atoms with E-state index in [-0.39, 0.29) is 11.8 Å². The molecule has 0 bridgehead atoms. The number of carbonyl (C=O) groups excluding carboxylic acids is 1. The highest BCUT2D eigenvalue weighted by molar-refractivity contribution is 14.1. The van der Waals surface area contributed by atoms with Crippen molar-refractivity contribution in [2.24, 2.45) is 0 Å². The van der Waals surface area contributed by atoms with Crippen molar-refractivity contribution in [2.45, 2.75) is 26.1 Å². The fourth-order valence-corrected chi connectivity index (χ4v) is 4.55. The molecular formula is C17H27BIN5O3.